The number of fused-ring (bicyclic) bond motifs is 7. The topological polar surface area (TPSA) is 40.5 Å². The molecule has 0 unspecified atom stereocenters. The van der Waals surface area contributed by atoms with E-state index in [1.165, 1.54) is 35.0 Å². The Morgan fingerprint density at radius 3 is 2.00 bits per heavy atom. The van der Waals surface area contributed by atoms with Gasteiger partial charge in [-0.15, -0.1) is 22.7 Å². The Balaban J connectivity index is 2.05. The third-order valence-electron chi connectivity index (χ3n) is 4.30. The van der Waals surface area contributed by atoms with Gasteiger partial charge in [0.25, 0.3) is 0 Å². The normalized spacial score (nSPS) is 11.9. The molecule has 3 aromatic carbocycles. The van der Waals surface area contributed by atoms with Crippen LogP contribution in [0.5, 0.6) is 0 Å². The van der Waals surface area contributed by atoms with Gasteiger partial charge in [0.2, 0.25) is 0 Å². The fraction of sp³-hybridized carbons (Fsp3) is 0. The largest absolute Gasteiger partial charge is 0.488 e. The molecule has 23 heavy (non-hydrogen) atoms. The predicted octanol–water partition coefficient (Wildman–Crippen LogP) is 4.10. The van der Waals surface area contributed by atoms with Crippen LogP contribution < -0.4 is 5.46 Å². The zero-order chi connectivity index (χ0) is 15.6. The van der Waals surface area contributed by atoms with Gasteiger partial charge in [-0.3, -0.25) is 0 Å². The average molecular weight is 334 g/mol. The molecule has 0 aliphatic carbocycles. The Hall–Kier alpha value is -1.92. The van der Waals surface area contributed by atoms with E-state index in [1.54, 1.807) is 28.7 Å². The molecule has 2 heterocycles. The summed E-state index contributed by atoms with van der Waals surface area (Å²) < 4.78 is 4.97. The van der Waals surface area contributed by atoms with Crippen molar-refractivity contribution in [1.29, 1.82) is 0 Å². The van der Waals surface area contributed by atoms with Crippen molar-refractivity contribution >= 4 is 75.6 Å². The van der Waals surface area contributed by atoms with Crippen molar-refractivity contribution in [2.24, 2.45) is 0 Å². The maximum absolute atomic E-state index is 9.50. The van der Waals surface area contributed by atoms with Gasteiger partial charge in [0.15, 0.2) is 0 Å². The van der Waals surface area contributed by atoms with E-state index in [1.807, 2.05) is 12.1 Å². The first-order valence-corrected chi connectivity index (χ1v) is 8.98. The third-order valence-corrected chi connectivity index (χ3v) is 6.57. The van der Waals surface area contributed by atoms with Crippen LogP contribution in [0.1, 0.15) is 0 Å². The van der Waals surface area contributed by atoms with Crippen LogP contribution in [0.15, 0.2) is 54.6 Å². The second kappa shape index (κ2) is 4.79. The molecule has 5 aromatic rings. The van der Waals surface area contributed by atoms with E-state index >= 15 is 0 Å². The van der Waals surface area contributed by atoms with E-state index in [2.05, 4.69) is 36.4 Å². The quantitative estimate of drug-likeness (QED) is 0.453. The van der Waals surface area contributed by atoms with Gasteiger partial charge in [-0.2, -0.15) is 0 Å². The monoisotopic (exact) mass is 334 g/mol. The molecule has 5 rings (SSSR count). The summed E-state index contributed by atoms with van der Waals surface area (Å²) in [6.07, 6.45) is 0. The Morgan fingerprint density at radius 2 is 1.26 bits per heavy atom. The number of thiophene rings is 2. The van der Waals surface area contributed by atoms with Crippen LogP contribution in [-0.2, 0) is 0 Å². The van der Waals surface area contributed by atoms with Crippen molar-refractivity contribution in [3.05, 3.63) is 54.6 Å². The van der Waals surface area contributed by atoms with E-state index in [4.69, 9.17) is 0 Å². The van der Waals surface area contributed by atoms with Crippen molar-refractivity contribution in [2.45, 2.75) is 0 Å². The van der Waals surface area contributed by atoms with E-state index in [9.17, 15) is 10.0 Å². The molecule has 0 bridgehead atoms. The lowest BCUT2D eigenvalue weighted by atomic mass is 9.80. The summed E-state index contributed by atoms with van der Waals surface area (Å²) in [5.41, 5.74) is 0.536. The van der Waals surface area contributed by atoms with E-state index in [-0.39, 0.29) is 0 Å². The summed E-state index contributed by atoms with van der Waals surface area (Å²) in [7, 11) is -1.44. The number of hydrogen-bond donors (Lipinski definition) is 2. The van der Waals surface area contributed by atoms with Gasteiger partial charge in [-0.05, 0) is 29.7 Å². The molecule has 0 atom stereocenters. The second-order valence-electron chi connectivity index (χ2n) is 5.64. The fourth-order valence-corrected chi connectivity index (χ4v) is 5.47. The highest BCUT2D eigenvalue weighted by Gasteiger charge is 2.16. The molecule has 0 saturated carbocycles. The van der Waals surface area contributed by atoms with Gasteiger partial charge >= 0.3 is 7.12 Å². The SMILES string of the molecule is OB(O)c1ccc2sc3ccc4sc5ccccc5c4c3c2c1. The first kappa shape index (κ1) is 13.5. The Kier molecular flexibility index (Phi) is 2.81. The summed E-state index contributed by atoms with van der Waals surface area (Å²) in [6.45, 7) is 0. The molecular weight excluding hydrogens is 323 g/mol. The minimum atomic E-state index is -1.44. The highest BCUT2D eigenvalue weighted by atomic mass is 32.1. The summed E-state index contributed by atoms with van der Waals surface area (Å²) in [4.78, 5) is 0. The molecule has 5 heteroatoms. The first-order valence-electron chi connectivity index (χ1n) is 7.35. The molecule has 0 spiro atoms. The van der Waals surface area contributed by atoms with Crippen LogP contribution in [0.4, 0.5) is 0 Å². The smallest absolute Gasteiger partial charge is 0.423 e. The van der Waals surface area contributed by atoms with Crippen LogP contribution in [0, 0.1) is 0 Å². The average Bonchev–Trinajstić information content (AvgIpc) is 3.11. The zero-order valence-electron chi connectivity index (χ0n) is 12.0. The summed E-state index contributed by atoms with van der Waals surface area (Å²) in [5.74, 6) is 0. The van der Waals surface area contributed by atoms with Crippen molar-refractivity contribution in [3.63, 3.8) is 0 Å². The molecule has 2 nitrogen and oxygen atoms in total. The number of rotatable bonds is 1. The number of hydrogen-bond acceptors (Lipinski definition) is 4. The van der Waals surface area contributed by atoms with Crippen LogP contribution in [0.2, 0.25) is 0 Å². The minimum absolute atomic E-state index is 0.536. The molecule has 2 N–H and O–H groups in total. The van der Waals surface area contributed by atoms with E-state index in [0.717, 1.165) is 5.39 Å². The molecule has 0 fully saturated rings. The van der Waals surface area contributed by atoms with Crippen molar-refractivity contribution in [3.8, 4) is 0 Å². The molecule has 110 valence electrons. The maximum atomic E-state index is 9.50. The highest BCUT2D eigenvalue weighted by Crippen LogP contribution is 2.43. The highest BCUT2D eigenvalue weighted by molar-refractivity contribution is 7.28. The molecule has 2 aromatic heterocycles. The van der Waals surface area contributed by atoms with Crippen LogP contribution in [0.25, 0.3) is 40.3 Å². The molecule has 0 saturated heterocycles. The first-order chi connectivity index (χ1) is 11.2. The predicted molar refractivity (Wildman–Crippen MR) is 102 cm³/mol. The van der Waals surface area contributed by atoms with Gasteiger partial charge in [0.1, 0.15) is 0 Å². The van der Waals surface area contributed by atoms with Gasteiger partial charge in [0, 0.05) is 40.3 Å². The Morgan fingerprint density at radius 1 is 0.652 bits per heavy atom. The lowest BCUT2D eigenvalue weighted by Crippen LogP contribution is -2.29. The summed E-state index contributed by atoms with van der Waals surface area (Å²) in [5, 5.41) is 23.9. The molecule has 0 radical (unpaired) electrons. The van der Waals surface area contributed by atoms with Gasteiger partial charge in [0.05, 0.1) is 0 Å². The van der Waals surface area contributed by atoms with Crippen molar-refractivity contribution in [1.82, 2.24) is 0 Å². The lowest BCUT2D eigenvalue weighted by Gasteiger charge is -2.00. The molecule has 0 aliphatic heterocycles. The Bertz CT molecular complexity index is 1200. The summed E-state index contributed by atoms with van der Waals surface area (Å²) in [6, 6.07) is 18.5. The second-order valence-corrected chi connectivity index (χ2v) is 7.81. The van der Waals surface area contributed by atoms with Crippen molar-refractivity contribution < 1.29 is 10.0 Å². The zero-order valence-corrected chi connectivity index (χ0v) is 13.6. The lowest BCUT2D eigenvalue weighted by molar-refractivity contribution is 0.426. The van der Waals surface area contributed by atoms with Crippen LogP contribution >= 0.6 is 22.7 Å². The van der Waals surface area contributed by atoms with Gasteiger partial charge < -0.3 is 10.0 Å². The summed E-state index contributed by atoms with van der Waals surface area (Å²) >= 11 is 3.56. The van der Waals surface area contributed by atoms with E-state index < -0.39 is 7.12 Å². The fourth-order valence-electron chi connectivity index (χ4n) is 3.26. The van der Waals surface area contributed by atoms with Gasteiger partial charge in [-0.25, -0.2) is 0 Å². The molecule has 0 aliphatic rings. The molecular formula is C18H11BO2S2. The number of benzene rings is 3. The Labute approximate surface area is 140 Å². The third kappa shape index (κ3) is 1.88. The van der Waals surface area contributed by atoms with Crippen molar-refractivity contribution in [2.75, 3.05) is 0 Å². The van der Waals surface area contributed by atoms with Crippen LogP contribution in [0.3, 0.4) is 0 Å². The molecule has 0 amide bonds. The van der Waals surface area contributed by atoms with Gasteiger partial charge in [-0.1, -0.05) is 30.3 Å². The standard InChI is InChI=1S/C18H11BO2S2/c20-19(21)10-5-6-14-12(9-10)18-16(23-14)8-7-15-17(18)11-3-1-2-4-13(11)22-15/h1-9,20-21H. The van der Waals surface area contributed by atoms with Crippen LogP contribution in [-0.4, -0.2) is 17.2 Å². The van der Waals surface area contributed by atoms with E-state index in [0.29, 0.717) is 5.46 Å². The minimum Gasteiger partial charge on any atom is -0.423 e. The maximum Gasteiger partial charge on any atom is 0.488 e.